The maximum atomic E-state index is 12.0. The lowest BCUT2D eigenvalue weighted by molar-refractivity contribution is -0.129. The zero-order valence-electron chi connectivity index (χ0n) is 16.8. The summed E-state index contributed by atoms with van der Waals surface area (Å²) in [6.45, 7) is 5.68. The summed E-state index contributed by atoms with van der Waals surface area (Å²) in [5, 5.41) is 8.22. The molecule has 2 aromatic carbocycles. The third-order valence-corrected chi connectivity index (χ3v) is 5.84. The first-order valence-electron chi connectivity index (χ1n) is 9.28. The lowest BCUT2D eigenvalue weighted by Crippen LogP contribution is -2.25. The van der Waals surface area contributed by atoms with Crippen molar-refractivity contribution in [1.82, 2.24) is 10.3 Å². The number of carbonyl (C=O) groups is 2. The van der Waals surface area contributed by atoms with Gasteiger partial charge in [-0.1, -0.05) is 35.5 Å². The van der Waals surface area contributed by atoms with E-state index >= 15 is 0 Å². The maximum absolute atomic E-state index is 12.0. The van der Waals surface area contributed by atoms with Crippen LogP contribution in [-0.2, 0) is 9.59 Å². The number of hydrogen-bond acceptors (Lipinski definition) is 6. The van der Waals surface area contributed by atoms with Gasteiger partial charge in [0.05, 0.1) is 4.47 Å². The average Bonchev–Trinajstić information content (AvgIpc) is 3.11. The minimum Gasteiger partial charge on any atom is -0.490 e. The number of aryl methyl sites for hydroxylation is 1. The summed E-state index contributed by atoms with van der Waals surface area (Å²) in [6, 6.07) is 13.4. The molecular formula is C21H22BrN3O4S. The largest absolute Gasteiger partial charge is 0.490 e. The van der Waals surface area contributed by atoms with Crippen molar-refractivity contribution in [1.29, 1.82) is 0 Å². The van der Waals surface area contributed by atoms with Gasteiger partial charge in [0, 0.05) is 13.8 Å². The molecule has 0 unspecified atom stereocenters. The van der Waals surface area contributed by atoms with Crippen molar-refractivity contribution in [3.8, 4) is 11.5 Å². The van der Waals surface area contributed by atoms with Gasteiger partial charge in [-0.3, -0.25) is 9.59 Å². The first kappa shape index (κ1) is 22.2. The zero-order valence-corrected chi connectivity index (χ0v) is 19.2. The molecule has 1 atom stereocenters. The summed E-state index contributed by atoms with van der Waals surface area (Å²) in [5.74, 6) is 1.03. The SMILES string of the molecule is CC(=O)NC1=NN(C(C)=O)[C@H](c2ccc(OCCOc3ccc(C)cc3)c(Br)c2)S1. The molecule has 2 aromatic rings. The highest BCUT2D eigenvalue weighted by molar-refractivity contribution is 9.10. The molecule has 158 valence electrons. The van der Waals surface area contributed by atoms with Crippen LogP contribution in [0.15, 0.2) is 52.0 Å². The third kappa shape index (κ3) is 5.76. The Kier molecular flexibility index (Phi) is 7.38. The van der Waals surface area contributed by atoms with Gasteiger partial charge in [-0.25, -0.2) is 5.01 Å². The molecule has 0 fully saturated rings. The molecule has 3 rings (SSSR count). The number of amidine groups is 1. The second-order valence-electron chi connectivity index (χ2n) is 6.62. The van der Waals surface area contributed by atoms with Crippen LogP contribution in [0.3, 0.4) is 0 Å². The molecule has 1 aliphatic rings. The Bertz CT molecular complexity index is 965. The van der Waals surface area contributed by atoms with Crippen LogP contribution in [-0.4, -0.2) is 35.2 Å². The molecule has 0 saturated carbocycles. The van der Waals surface area contributed by atoms with Crippen LogP contribution in [0.1, 0.15) is 30.3 Å². The molecule has 0 radical (unpaired) electrons. The third-order valence-electron chi connectivity index (χ3n) is 4.12. The van der Waals surface area contributed by atoms with E-state index in [9.17, 15) is 9.59 Å². The first-order chi connectivity index (χ1) is 14.3. The van der Waals surface area contributed by atoms with Gasteiger partial charge in [0.1, 0.15) is 30.1 Å². The molecule has 30 heavy (non-hydrogen) atoms. The van der Waals surface area contributed by atoms with Crippen molar-refractivity contribution in [3.63, 3.8) is 0 Å². The number of rotatable bonds is 6. The Morgan fingerprint density at radius 2 is 1.83 bits per heavy atom. The summed E-state index contributed by atoms with van der Waals surface area (Å²) < 4.78 is 12.2. The zero-order chi connectivity index (χ0) is 21.7. The fourth-order valence-electron chi connectivity index (χ4n) is 2.71. The molecule has 0 aromatic heterocycles. The Balaban J connectivity index is 1.59. The second kappa shape index (κ2) is 9.99. The first-order valence-corrected chi connectivity index (χ1v) is 10.9. The maximum Gasteiger partial charge on any atom is 0.241 e. The Hall–Kier alpha value is -2.52. The van der Waals surface area contributed by atoms with E-state index in [-0.39, 0.29) is 17.2 Å². The number of ether oxygens (including phenoxy) is 2. The summed E-state index contributed by atoms with van der Waals surface area (Å²) in [7, 11) is 0. The van der Waals surface area contributed by atoms with Crippen LogP contribution in [0, 0.1) is 6.92 Å². The van der Waals surface area contributed by atoms with Crippen molar-refractivity contribution < 1.29 is 19.1 Å². The van der Waals surface area contributed by atoms with E-state index in [0.717, 1.165) is 15.8 Å². The average molecular weight is 492 g/mol. The molecule has 1 N–H and O–H groups in total. The normalized spacial score (nSPS) is 15.5. The highest BCUT2D eigenvalue weighted by atomic mass is 79.9. The Morgan fingerprint density at radius 3 is 2.47 bits per heavy atom. The van der Waals surface area contributed by atoms with Crippen molar-refractivity contribution in [2.24, 2.45) is 5.10 Å². The molecule has 1 aliphatic heterocycles. The number of hydrogen-bond donors (Lipinski definition) is 1. The van der Waals surface area contributed by atoms with Gasteiger partial charge in [-0.2, -0.15) is 0 Å². The van der Waals surface area contributed by atoms with Gasteiger partial charge in [0.2, 0.25) is 11.8 Å². The van der Waals surface area contributed by atoms with Gasteiger partial charge in [0.15, 0.2) is 5.17 Å². The number of halogens is 1. The molecule has 9 heteroatoms. The molecule has 0 aliphatic carbocycles. The van der Waals surface area contributed by atoms with Gasteiger partial charge in [-0.15, -0.1) is 5.10 Å². The Morgan fingerprint density at radius 1 is 1.13 bits per heavy atom. The Labute approximate surface area is 187 Å². The van der Waals surface area contributed by atoms with E-state index in [1.165, 1.54) is 36.2 Å². The summed E-state index contributed by atoms with van der Waals surface area (Å²) >= 11 is 4.83. The van der Waals surface area contributed by atoms with Crippen molar-refractivity contribution in [2.75, 3.05) is 13.2 Å². The standard InChI is InChI=1S/C21H22BrN3O4S/c1-13-4-7-17(8-5-13)28-10-11-29-19-9-6-16(12-18(19)22)20-25(15(3)27)24-21(30-20)23-14(2)26/h4-9,12,20H,10-11H2,1-3H3,(H,23,24,26)/t20-/m0/s1. The highest BCUT2D eigenvalue weighted by Gasteiger charge is 2.32. The number of benzene rings is 2. The molecular weight excluding hydrogens is 470 g/mol. The molecule has 0 bridgehead atoms. The van der Waals surface area contributed by atoms with Crippen molar-refractivity contribution >= 4 is 44.7 Å². The summed E-state index contributed by atoms with van der Waals surface area (Å²) in [5.41, 5.74) is 2.04. The fraction of sp³-hybridized carbons (Fsp3) is 0.286. The minimum atomic E-state index is -0.362. The topological polar surface area (TPSA) is 80.2 Å². The second-order valence-corrected chi connectivity index (χ2v) is 8.54. The lowest BCUT2D eigenvalue weighted by atomic mass is 10.2. The molecule has 1 heterocycles. The number of amides is 2. The fourth-order valence-corrected chi connectivity index (χ4v) is 4.35. The van der Waals surface area contributed by atoms with E-state index < -0.39 is 0 Å². The van der Waals surface area contributed by atoms with Crippen molar-refractivity contribution in [3.05, 3.63) is 58.1 Å². The number of hydrazone groups is 1. The van der Waals surface area contributed by atoms with Gasteiger partial charge in [0.25, 0.3) is 0 Å². The monoisotopic (exact) mass is 491 g/mol. The van der Waals surface area contributed by atoms with Crippen LogP contribution >= 0.6 is 27.7 Å². The number of nitrogens with zero attached hydrogens (tertiary/aromatic N) is 2. The number of carbonyl (C=O) groups excluding carboxylic acids is 2. The highest BCUT2D eigenvalue weighted by Crippen LogP contribution is 2.40. The van der Waals surface area contributed by atoms with E-state index in [1.807, 2.05) is 49.4 Å². The van der Waals surface area contributed by atoms with Gasteiger partial charge >= 0.3 is 0 Å². The molecule has 0 spiro atoms. The quantitative estimate of drug-likeness (QED) is 0.611. The van der Waals surface area contributed by atoms with Crippen LogP contribution in [0.5, 0.6) is 11.5 Å². The van der Waals surface area contributed by atoms with E-state index in [4.69, 9.17) is 9.47 Å². The predicted octanol–water partition coefficient (Wildman–Crippen LogP) is 4.22. The lowest BCUT2D eigenvalue weighted by Gasteiger charge is -2.20. The predicted molar refractivity (Wildman–Crippen MR) is 120 cm³/mol. The summed E-state index contributed by atoms with van der Waals surface area (Å²) in [4.78, 5) is 23.3. The molecule has 7 nitrogen and oxygen atoms in total. The van der Waals surface area contributed by atoms with Crippen LogP contribution in [0.4, 0.5) is 0 Å². The van der Waals surface area contributed by atoms with Crippen molar-refractivity contribution in [2.45, 2.75) is 26.1 Å². The van der Waals surface area contributed by atoms with Gasteiger partial charge < -0.3 is 14.8 Å². The number of nitrogens with one attached hydrogen (secondary N) is 1. The van der Waals surface area contributed by atoms with Gasteiger partial charge in [-0.05, 0) is 52.7 Å². The summed E-state index contributed by atoms with van der Waals surface area (Å²) in [6.07, 6.45) is 0. The molecule has 0 saturated heterocycles. The molecule has 2 amide bonds. The smallest absolute Gasteiger partial charge is 0.241 e. The minimum absolute atomic E-state index is 0.211. The van der Waals surface area contributed by atoms with E-state index in [2.05, 4.69) is 26.3 Å². The van der Waals surface area contributed by atoms with Crippen LogP contribution in [0.25, 0.3) is 0 Å². The van der Waals surface area contributed by atoms with Crippen LogP contribution < -0.4 is 14.8 Å². The van der Waals surface area contributed by atoms with E-state index in [0.29, 0.717) is 24.1 Å². The number of thioether (sulfide) groups is 1. The van der Waals surface area contributed by atoms with E-state index in [1.54, 1.807) is 0 Å². The van der Waals surface area contributed by atoms with Crippen LogP contribution in [0.2, 0.25) is 0 Å².